The predicted octanol–water partition coefficient (Wildman–Crippen LogP) is 1.77. The van der Waals surface area contributed by atoms with Crippen molar-refractivity contribution in [1.29, 1.82) is 0 Å². The van der Waals surface area contributed by atoms with E-state index in [0.717, 1.165) is 25.1 Å². The number of pyridine rings is 1. The van der Waals surface area contributed by atoms with Crippen LogP contribution in [-0.4, -0.2) is 29.7 Å². The van der Waals surface area contributed by atoms with E-state index in [4.69, 9.17) is 5.11 Å². The Morgan fingerprint density at radius 1 is 1.53 bits per heavy atom. The molecule has 0 aromatic carbocycles. The maximum Gasteiger partial charge on any atom is 0.303 e. The van der Waals surface area contributed by atoms with Crippen molar-refractivity contribution in [2.24, 2.45) is 0 Å². The van der Waals surface area contributed by atoms with Crippen LogP contribution >= 0.6 is 0 Å². The Balaban J connectivity index is 2.25. The highest BCUT2D eigenvalue weighted by Crippen LogP contribution is 2.10. The van der Waals surface area contributed by atoms with Crippen molar-refractivity contribution in [2.45, 2.75) is 19.3 Å². The fraction of sp³-hybridized carbons (Fsp3) is 0.455. The molecule has 0 amide bonds. The molecule has 82 valence electrons. The molecule has 0 spiro atoms. The molecule has 0 radical (unpaired) electrons. The number of hydrogen-bond acceptors (Lipinski definition) is 3. The minimum Gasteiger partial charge on any atom is -0.481 e. The summed E-state index contributed by atoms with van der Waals surface area (Å²) < 4.78 is 0. The zero-order valence-electron chi connectivity index (χ0n) is 8.89. The van der Waals surface area contributed by atoms with Gasteiger partial charge in [-0.3, -0.25) is 9.78 Å². The Morgan fingerprint density at radius 2 is 2.33 bits per heavy atom. The number of anilines is 1. The van der Waals surface area contributed by atoms with Gasteiger partial charge in [0.2, 0.25) is 0 Å². The van der Waals surface area contributed by atoms with Gasteiger partial charge in [0.1, 0.15) is 0 Å². The minimum atomic E-state index is -0.723. The molecule has 4 heteroatoms. The van der Waals surface area contributed by atoms with E-state index in [-0.39, 0.29) is 6.42 Å². The third kappa shape index (κ3) is 4.44. The van der Waals surface area contributed by atoms with Gasteiger partial charge in [-0.1, -0.05) is 0 Å². The summed E-state index contributed by atoms with van der Waals surface area (Å²) in [5, 5.41) is 8.47. The van der Waals surface area contributed by atoms with Crippen LogP contribution in [0.5, 0.6) is 0 Å². The second-order valence-corrected chi connectivity index (χ2v) is 3.48. The molecule has 0 saturated heterocycles. The Bertz CT molecular complexity index is 301. The standard InChI is InChI=1S/C11H16N2O2/c1-13(8-3-2-6-11(14)15)10-5-4-7-12-9-10/h4-5,7,9H,2-3,6,8H2,1H3,(H,14,15). The Hall–Kier alpha value is -1.58. The number of rotatable bonds is 6. The molecule has 1 heterocycles. The molecule has 0 aliphatic rings. The molecule has 0 aliphatic heterocycles. The highest BCUT2D eigenvalue weighted by atomic mass is 16.4. The summed E-state index contributed by atoms with van der Waals surface area (Å²) in [5.41, 5.74) is 1.06. The van der Waals surface area contributed by atoms with Crippen LogP contribution in [0.4, 0.5) is 5.69 Å². The molecule has 0 atom stereocenters. The number of aliphatic carboxylic acids is 1. The van der Waals surface area contributed by atoms with Crippen LogP contribution in [0, 0.1) is 0 Å². The zero-order valence-corrected chi connectivity index (χ0v) is 8.89. The summed E-state index contributed by atoms with van der Waals surface area (Å²) in [5.74, 6) is -0.723. The van der Waals surface area contributed by atoms with Crippen LogP contribution in [0.2, 0.25) is 0 Å². The van der Waals surface area contributed by atoms with Crippen LogP contribution in [0.15, 0.2) is 24.5 Å². The fourth-order valence-electron chi connectivity index (χ4n) is 1.33. The molecule has 0 saturated carbocycles. The topological polar surface area (TPSA) is 53.4 Å². The molecule has 0 bridgehead atoms. The van der Waals surface area contributed by atoms with Gasteiger partial charge in [0.15, 0.2) is 0 Å². The van der Waals surface area contributed by atoms with Gasteiger partial charge < -0.3 is 10.0 Å². The first kappa shape index (κ1) is 11.5. The second kappa shape index (κ2) is 6.01. The van der Waals surface area contributed by atoms with Crippen LogP contribution in [0.3, 0.4) is 0 Å². The summed E-state index contributed by atoms with van der Waals surface area (Å²) in [6, 6.07) is 3.88. The van der Waals surface area contributed by atoms with E-state index in [2.05, 4.69) is 9.88 Å². The monoisotopic (exact) mass is 208 g/mol. The molecule has 0 unspecified atom stereocenters. The molecular formula is C11H16N2O2. The van der Waals surface area contributed by atoms with E-state index in [0.29, 0.717) is 0 Å². The van der Waals surface area contributed by atoms with E-state index < -0.39 is 5.97 Å². The van der Waals surface area contributed by atoms with Crippen molar-refractivity contribution in [3.05, 3.63) is 24.5 Å². The van der Waals surface area contributed by atoms with Gasteiger partial charge in [0, 0.05) is 26.2 Å². The molecule has 1 N–H and O–H groups in total. The van der Waals surface area contributed by atoms with Crippen molar-refractivity contribution < 1.29 is 9.90 Å². The normalized spacial score (nSPS) is 9.93. The van der Waals surface area contributed by atoms with Crippen molar-refractivity contribution in [2.75, 3.05) is 18.5 Å². The summed E-state index contributed by atoms with van der Waals surface area (Å²) >= 11 is 0. The predicted molar refractivity (Wildman–Crippen MR) is 59.0 cm³/mol. The first-order valence-electron chi connectivity index (χ1n) is 5.03. The number of hydrogen-bond donors (Lipinski definition) is 1. The third-order valence-electron chi connectivity index (χ3n) is 2.22. The Morgan fingerprint density at radius 3 is 2.93 bits per heavy atom. The van der Waals surface area contributed by atoms with Crippen LogP contribution in [-0.2, 0) is 4.79 Å². The molecule has 1 aromatic heterocycles. The van der Waals surface area contributed by atoms with Crippen molar-refractivity contribution in [1.82, 2.24) is 4.98 Å². The largest absolute Gasteiger partial charge is 0.481 e. The minimum absolute atomic E-state index is 0.251. The van der Waals surface area contributed by atoms with E-state index >= 15 is 0 Å². The maximum atomic E-state index is 10.3. The molecule has 1 aromatic rings. The fourth-order valence-corrected chi connectivity index (χ4v) is 1.33. The molecular weight excluding hydrogens is 192 g/mol. The van der Waals surface area contributed by atoms with Crippen molar-refractivity contribution >= 4 is 11.7 Å². The second-order valence-electron chi connectivity index (χ2n) is 3.48. The van der Waals surface area contributed by atoms with E-state index in [1.807, 2.05) is 19.2 Å². The first-order chi connectivity index (χ1) is 7.20. The molecule has 0 aliphatic carbocycles. The SMILES string of the molecule is CN(CCCCC(=O)O)c1cccnc1. The lowest BCUT2D eigenvalue weighted by Gasteiger charge is -2.18. The summed E-state index contributed by atoms with van der Waals surface area (Å²) in [6.45, 7) is 0.860. The van der Waals surface area contributed by atoms with Gasteiger partial charge in [-0.25, -0.2) is 0 Å². The Kier molecular flexibility index (Phi) is 4.60. The molecule has 0 fully saturated rings. The summed E-state index contributed by atoms with van der Waals surface area (Å²) in [7, 11) is 1.98. The summed E-state index contributed by atoms with van der Waals surface area (Å²) in [4.78, 5) is 16.4. The zero-order chi connectivity index (χ0) is 11.1. The lowest BCUT2D eigenvalue weighted by Crippen LogP contribution is -2.18. The average molecular weight is 208 g/mol. The molecule has 1 rings (SSSR count). The lowest BCUT2D eigenvalue weighted by atomic mass is 10.2. The number of carbonyl (C=O) groups is 1. The van der Waals surface area contributed by atoms with E-state index in [9.17, 15) is 4.79 Å². The quantitative estimate of drug-likeness (QED) is 0.724. The van der Waals surface area contributed by atoms with Crippen LogP contribution in [0.25, 0.3) is 0 Å². The summed E-state index contributed by atoms with van der Waals surface area (Å²) in [6.07, 6.45) is 5.40. The van der Waals surface area contributed by atoms with E-state index in [1.54, 1.807) is 12.4 Å². The van der Waals surface area contributed by atoms with Gasteiger partial charge in [-0.15, -0.1) is 0 Å². The average Bonchev–Trinajstić information content (AvgIpc) is 2.25. The number of nitrogens with zero attached hydrogens (tertiary/aromatic N) is 2. The van der Waals surface area contributed by atoms with Crippen molar-refractivity contribution in [3.63, 3.8) is 0 Å². The van der Waals surface area contributed by atoms with Gasteiger partial charge in [0.05, 0.1) is 11.9 Å². The highest BCUT2D eigenvalue weighted by Gasteiger charge is 2.01. The third-order valence-corrected chi connectivity index (χ3v) is 2.22. The first-order valence-corrected chi connectivity index (χ1v) is 5.03. The lowest BCUT2D eigenvalue weighted by molar-refractivity contribution is -0.137. The van der Waals surface area contributed by atoms with Crippen LogP contribution < -0.4 is 4.90 Å². The molecule has 4 nitrogen and oxygen atoms in total. The number of carboxylic acids is 1. The maximum absolute atomic E-state index is 10.3. The van der Waals surface area contributed by atoms with Crippen LogP contribution in [0.1, 0.15) is 19.3 Å². The number of aromatic nitrogens is 1. The number of unbranched alkanes of at least 4 members (excludes halogenated alkanes) is 1. The van der Waals surface area contributed by atoms with Gasteiger partial charge >= 0.3 is 5.97 Å². The van der Waals surface area contributed by atoms with Crippen molar-refractivity contribution in [3.8, 4) is 0 Å². The number of carboxylic acid groups (broad SMARTS) is 1. The van der Waals surface area contributed by atoms with Gasteiger partial charge in [-0.2, -0.15) is 0 Å². The molecule has 15 heavy (non-hydrogen) atoms. The highest BCUT2D eigenvalue weighted by molar-refractivity contribution is 5.66. The van der Waals surface area contributed by atoms with Gasteiger partial charge in [0.25, 0.3) is 0 Å². The van der Waals surface area contributed by atoms with E-state index in [1.165, 1.54) is 0 Å². The Labute approximate surface area is 89.6 Å². The van der Waals surface area contributed by atoms with Gasteiger partial charge in [-0.05, 0) is 25.0 Å². The smallest absolute Gasteiger partial charge is 0.303 e.